The molecule has 1 aromatic carbocycles. The van der Waals surface area contributed by atoms with Gasteiger partial charge in [-0.2, -0.15) is 0 Å². The third-order valence-corrected chi connectivity index (χ3v) is 4.53. The summed E-state index contributed by atoms with van der Waals surface area (Å²) < 4.78 is 1.13. The number of nitrogens with zero attached hydrogens (tertiary/aromatic N) is 2. The quantitative estimate of drug-likeness (QED) is 0.766. The van der Waals surface area contributed by atoms with E-state index in [2.05, 4.69) is 22.0 Å². The second-order valence-electron chi connectivity index (χ2n) is 4.17. The van der Waals surface area contributed by atoms with Crippen LogP contribution in [0.4, 0.5) is 5.69 Å². The molecule has 84 valence electrons. The van der Waals surface area contributed by atoms with Crippen molar-refractivity contribution >= 4 is 38.8 Å². The van der Waals surface area contributed by atoms with Gasteiger partial charge in [0, 0.05) is 13.1 Å². The molecule has 1 aromatic heterocycles. The van der Waals surface area contributed by atoms with Crippen molar-refractivity contribution in [3.63, 3.8) is 0 Å². The molecule has 1 fully saturated rings. The summed E-state index contributed by atoms with van der Waals surface area (Å²) in [5.41, 5.74) is 2.20. The number of aryl methyl sites for hydroxylation is 1. The molecule has 0 aliphatic carbocycles. The Kier molecular flexibility index (Phi) is 2.52. The summed E-state index contributed by atoms with van der Waals surface area (Å²) in [5.74, 6) is 0. The van der Waals surface area contributed by atoms with Gasteiger partial charge in [0.2, 0.25) is 0 Å². The van der Waals surface area contributed by atoms with Crippen molar-refractivity contribution in [2.45, 2.75) is 19.8 Å². The van der Waals surface area contributed by atoms with Crippen LogP contribution < -0.4 is 4.90 Å². The summed E-state index contributed by atoms with van der Waals surface area (Å²) in [6.45, 7) is 4.28. The van der Waals surface area contributed by atoms with Crippen LogP contribution in [0.1, 0.15) is 17.8 Å². The van der Waals surface area contributed by atoms with E-state index in [9.17, 15) is 0 Å². The lowest BCUT2D eigenvalue weighted by atomic mass is 10.2. The predicted molar refractivity (Wildman–Crippen MR) is 70.8 cm³/mol. The summed E-state index contributed by atoms with van der Waals surface area (Å²) in [5, 5.41) is 1.96. The van der Waals surface area contributed by atoms with E-state index in [-0.39, 0.29) is 0 Å². The molecule has 3 rings (SSSR count). The summed E-state index contributed by atoms with van der Waals surface area (Å²) in [6.07, 6.45) is 2.55. The number of thiazole rings is 1. The fourth-order valence-electron chi connectivity index (χ4n) is 2.26. The number of fused-ring (bicyclic) bond motifs is 1. The zero-order valence-electron chi connectivity index (χ0n) is 9.16. The van der Waals surface area contributed by atoms with Gasteiger partial charge >= 0.3 is 0 Å². The topological polar surface area (TPSA) is 16.1 Å². The first-order valence-corrected chi connectivity index (χ1v) is 6.76. The molecular weight excluding hydrogens is 240 g/mol. The first-order valence-electron chi connectivity index (χ1n) is 5.56. The van der Waals surface area contributed by atoms with E-state index in [4.69, 9.17) is 11.6 Å². The van der Waals surface area contributed by atoms with E-state index in [1.165, 1.54) is 18.5 Å². The lowest BCUT2D eigenvalue weighted by molar-refractivity contribution is 0.949. The molecule has 0 N–H and O–H groups in total. The number of benzene rings is 1. The SMILES string of the molecule is Cc1nc2ccc(N3CCCC3)c(Cl)c2s1. The van der Waals surface area contributed by atoms with Gasteiger partial charge in [0.05, 0.1) is 25.9 Å². The number of aromatic nitrogens is 1. The summed E-state index contributed by atoms with van der Waals surface area (Å²) in [6, 6.07) is 4.19. The monoisotopic (exact) mass is 252 g/mol. The van der Waals surface area contributed by atoms with Crippen molar-refractivity contribution in [2.24, 2.45) is 0 Å². The van der Waals surface area contributed by atoms with E-state index in [0.29, 0.717) is 0 Å². The maximum atomic E-state index is 6.46. The molecule has 1 aliphatic rings. The van der Waals surface area contributed by atoms with Crippen LogP contribution in [0.5, 0.6) is 0 Å². The average Bonchev–Trinajstić information content (AvgIpc) is 2.86. The normalized spacial score (nSPS) is 16.2. The smallest absolute Gasteiger partial charge is 0.0908 e. The van der Waals surface area contributed by atoms with Crippen molar-refractivity contribution in [3.8, 4) is 0 Å². The van der Waals surface area contributed by atoms with Crippen LogP contribution in [0.25, 0.3) is 10.2 Å². The van der Waals surface area contributed by atoms with Crippen LogP contribution in [-0.2, 0) is 0 Å². The number of halogens is 1. The van der Waals surface area contributed by atoms with Gasteiger partial charge in [0.15, 0.2) is 0 Å². The molecule has 2 aromatic rings. The highest BCUT2D eigenvalue weighted by molar-refractivity contribution is 7.19. The first-order chi connectivity index (χ1) is 7.75. The van der Waals surface area contributed by atoms with Crippen LogP contribution in [-0.4, -0.2) is 18.1 Å². The minimum absolute atomic E-state index is 0.880. The molecule has 4 heteroatoms. The second kappa shape index (κ2) is 3.90. The first kappa shape index (κ1) is 10.4. The standard InChI is InChI=1S/C12H13ClN2S/c1-8-14-9-4-5-10(11(13)12(9)16-8)15-6-2-3-7-15/h4-5H,2-3,6-7H2,1H3. The third kappa shape index (κ3) is 1.59. The molecule has 0 saturated carbocycles. The Morgan fingerprint density at radius 1 is 1.31 bits per heavy atom. The summed E-state index contributed by atoms with van der Waals surface area (Å²) >= 11 is 8.15. The molecule has 0 bridgehead atoms. The molecule has 0 spiro atoms. The molecule has 0 unspecified atom stereocenters. The molecule has 2 nitrogen and oxygen atoms in total. The van der Waals surface area contributed by atoms with Crippen LogP contribution >= 0.6 is 22.9 Å². The fraction of sp³-hybridized carbons (Fsp3) is 0.417. The lowest BCUT2D eigenvalue weighted by Crippen LogP contribution is -2.17. The van der Waals surface area contributed by atoms with E-state index in [1.54, 1.807) is 11.3 Å². The van der Waals surface area contributed by atoms with Crippen LogP contribution in [0.15, 0.2) is 12.1 Å². The van der Waals surface area contributed by atoms with Gasteiger partial charge in [0.25, 0.3) is 0 Å². The van der Waals surface area contributed by atoms with Gasteiger partial charge in [-0.05, 0) is 31.9 Å². The zero-order valence-corrected chi connectivity index (χ0v) is 10.7. The molecule has 0 amide bonds. The van der Waals surface area contributed by atoms with Crippen LogP contribution in [0.2, 0.25) is 5.02 Å². The Bertz CT molecular complexity index is 529. The maximum Gasteiger partial charge on any atom is 0.0908 e. The maximum absolute atomic E-state index is 6.46. The average molecular weight is 253 g/mol. The summed E-state index contributed by atoms with van der Waals surface area (Å²) in [7, 11) is 0. The highest BCUT2D eigenvalue weighted by atomic mass is 35.5. The van der Waals surface area contributed by atoms with Gasteiger partial charge < -0.3 is 4.90 Å². The van der Waals surface area contributed by atoms with Crippen molar-refractivity contribution in [3.05, 3.63) is 22.2 Å². The van der Waals surface area contributed by atoms with Gasteiger partial charge in [-0.3, -0.25) is 0 Å². The lowest BCUT2D eigenvalue weighted by Gasteiger charge is -2.18. The van der Waals surface area contributed by atoms with Gasteiger partial charge in [-0.1, -0.05) is 11.6 Å². The summed E-state index contributed by atoms with van der Waals surface area (Å²) in [4.78, 5) is 6.83. The minimum Gasteiger partial charge on any atom is -0.370 e. The molecule has 2 heterocycles. The molecule has 1 aliphatic heterocycles. The number of hydrogen-bond donors (Lipinski definition) is 0. The second-order valence-corrected chi connectivity index (χ2v) is 5.76. The molecule has 0 atom stereocenters. The highest BCUT2D eigenvalue weighted by Gasteiger charge is 2.17. The minimum atomic E-state index is 0.880. The molecule has 0 radical (unpaired) electrons. The van der Waals surface area contributed by atoms with Gasteiger partial charge in [-0.25, -0.2) is 4.98 Å². The Hall–Kier alpha value is -0.800. The van der Waals surface area contributed by atoms with E-state index in [0.717, 1.165) is 33.3 Å². The largest absolute Gasteiger partial charge is 0.370 e. The zero-order chi connectivity index (χ0) is 11.1. The Balaban J connectivity index is 2.14. The van der Waals surface area contributed by atoms with E-state index >= 15 is 0 Å². The van der Waals surface area contributed by atoms with Crippen molar-refractivity contribution < 1.29 is 0 Å². The highest BCUT2D eigenvalue weighted by Crippen LogP contribution is 2.37. The molecule has 1 saturated heterocycles. The van der Waals surface area contributed by atoms with Crippen molar-refractivity contribution in [2.75, 3.05) is 18.0 Å². The predicted octanol–water partition coefficient (Wildman–Crippen LogP) is 3.86. The fourth-order valence-corrected chi connectivity index (χ4v) is 3.51. The van der Waals surface area contributed by atoms with Crippen molar-refractivity contribution in [1.82, 2.24) is 4.98 Å². The number of anilines is 1. The van der Waals surface area contributed by atoms with E-state index in [1.807, 2.05) is 6.92 Å². The Morgan fingerprint density at radius 2 is 2.06 bits per heavy atom. The van der Waals surface area contributed by atoms with Crippen LogP contribution in [0, 0.1) is 6.92 Å². The Morgan fingerprint density at radius 3 is 2.81 bits per heavy atom. The Labute approximate surface area is 104 Å². The number of hydrogen-bond acceptors (Lipinski definition) is 3. The van der Waals surface area contributed by atoms with Crippen LogP contribution in [0.3, 0.4) is 0 Å². The van der Waals surface area contributed by atoms with Gasteiger partial charge in [-0.15, -0.1) is 11.3 Å². The third-order valence-electron chi connectivity index (χ3n) is 3.03. The van der Waals surface area contributed by atoms with E-state index < -0.39 is 0 Å². The molecule has 16 heavy (non-hydrogen) atoms. The van der Waals surface area contributed by atoms with Crippen molar-refractivity contribution in [1.29, 1.82) is 0 Å². The van der Waals surface area contributed by atoms with Gasteiger partial charge in [0.1, 0.15) is 0 Å². The number of rotatable bonds is 1. The molecular formula is C12H13ClN2S.